The van der Waals surface area contributed by atoms with Crippen LogP contribution in [0.2, 0.25) is 0 Å². The van der Waals surface area contributed by atoms with Crippen molar-refractivity contribution in [1.82, 2.24) is 20.2 Å². The summed E-state index contributed by atoms with van der Waals surface area (Å²) in [5.41, 5.74) is 1.86. The fraction of sp³-hybridized carbons (Fsp3) is 0.524. The van der Waals surface area contributed by atoms with Crippen molar-refractivity contribution in [3.63, 3.8) is 0 Å². The number of nitrogens with one attached hydrogen (secondary N) is 1. The predicted octanol–water partition coefficient (Wildman–Crippen LogP) is 2.26. The number of piperidine rings is 1. The van der Waals surface area contributed by atoms with Gasteiger partial charge in [0, 0.05) is 55.7 Å². The van der Waals surface area contributed by atoms with Crippen LogP contribution in [0.5, 0.6) is 0 Å². The molecule has 0 saturated carbocycles. The molecule has 0 aliphatic carbocycles. The molecule has 2 aromatic heterocycles. The smallest absolute Gasteiger partial charge is 0.224 e. The van der Waals surface area contributed by atoms with Crippen molar-refractivity contribution in [3.05, 3.63) is 35.1 Å². The summed E-state index contributed by atoms with van der Waals surface area (Å²) in [5.74, 6) is 0.188. The van der Waals surface area contributed by atoms with Gasteiger partial charge in [0.2, 0.25) is 11.8 Å². The molecule has 0 unspecified atom stereocenters. The summed E-state index contributed by atoms with van der Waals surface area (Å²) in [5, 5.41) is 2.89. The minimum absolute atomic E-state index is 0.00478. The van der Waals surface area contributed by atoms with Crippen LogP contribution >= 0.6 is 11.3 Å². The molecule has 2 fully saturated rings. The van der Waals surface area contributed by atoms with E-state index in [2.05, 4.69) is 21.4 Å². The third kappa shape index (κ3) is 3.55. The van der Waals surface area contributed by atoms with Crippen molar-refractivity contribution < 1.29 is 14.3 Å². The van der Waals surface area contributed by atoms with Gasteiger partial charge < -0.3 is 15.0 Å². The van der Waals surface area contributed by atoms with Crippen LogP contribution in [0.15, 0.2) is 24.7 Å². The lowest BCUT2D eigenvalue weighted by Crippen LogP contribution is -2.48. The van der Waals surface area contributed by atoms with Crippen LogP contribution in [0.4, 0.5) is 0 Å². The van der Waals surface area contributed by atoms with E-state index in [0.717, 1.165) is 42.9 Å². The molecule has 0 aromatic carbocycles. The van der Waals surface area contributed by atoms with E-state index in [9.17, 15) is 9.59 Å². The van der Waals surface area contributed by atoms with Crippen LogP contribution in [0, 0.1) is 0 Å². The number of ether oxygens (including phenoxy) is 1. The van der Waals surface area contributed by atoms with Crippen molar-refractivity contribution in [1.29, 1.82) is 0 Å². The van der Waals surface area contributed by atoms with Gasteiger partial charge in [-0.25, -0.2) is 0 Å². The fourth-order valence-electron chi connectivity index (χ4n) is 4.67. The van der Waals surface area contributed by atoms with Crippen LogP contribution in [-0.4, -0.2) is 52.4 Å². The summed E-state index contributed by atoms with van der Waals surface area (Å²) in [4.78, 5) is 37.1. The maximum atomic E-state index is 12.7. The lowest BCUT2D eigenvalue weighted by Gasteiger charge is -2.44. The number of amides is 2. The van der Waals surface area contributed by atoms with Gasteiger partial charge in [0.05, 0.1) is 29.0 Å². The summed E-state index contributed by atoms with van der Waals surface area (Å²) in [6, 6.07) is 2.21. The first kappa shape index (κ1) is 18.7. The van der Waals surface area contributed by atoms with Gasteiger partial charge in [0.15, 0.2) is 0 Å². The summed E-state index contributed by atoms with van der Waals surface area (Å²) < 4.78 is 6.33. The van der Waals surface area contributed by atoms with Gasteiger partial charge in [0.1, 0.15) is 0 Å². The Labute approximate surface area is 173 Å². The third-order valence-electron chi connectivity index (χ3n) is 6.25. The van der Waals surface area contributed by atoms with E-state index >= 15 is 0 Å². The fourth-order valence-corrected chi connectivity index (χ4v) is 5.86. The first-order valence-electron chi connectivity index (χ1n) is 10.2. The van der Waals surface area contributed by atoms with Crippen LogP contribution in [0.25, 0.3) is 10.6 Å². The van der Waals surface area contributed by atoms with Gasteiger partial charge >= 0.3 is 0 Å². The van der Waals surface area contributed by atoms with E-state index in [-0.39, 0.29) is 23.5 Å². The summed E-state index contributed by atoms with van der Waals surface area (Å²) >= 11 is 1.78. The van der Waals surface area contributed by atoms with E-state index in [1.165, 1.54) is 10.4 Å². The van der Waals surface area contributed by atoms with Gasteiger partial charge in [-0.05, 0) is 30.9 Å². The number of carbonyl (C=O) groups excluding carboxylic acids is 2. The molecular weight excluding hydrogens is 388 g/mol. The Hall–Kier alpha value is -2.32. The summed E-state index contributed by atoms with van der Waals surface area (Å²) in [6.07, 6.45) is 9.43. The molecule has 2 aromatic rings. The van der Waals surface area contributed by atoms with E-state index in [1.54, 1.807) is 29.9 Å². The zero-order valence-corrected chi connectivity index (χ0v) is 17.0. The number of thiophene rings is 1. The zero-order chi connectivity index (χ0) is 19.8. The molecule has 2 amide bonds. The lowest BCUT2D eigenvalue weighted by atomic mass is 9.82. The highest BCUT2D eigenvalue weighted by molar-refractivity contribution is 7.15. The van der Waals surface area contributed by atoms with Crippen molar-refractivity contribution in [3.8, 4) is 10.6 Å². The molecule has 0 radical (unpaired) electrons. The Morgan fingerprint density at radius 2 is 2.17 bits per heavy atom. The average molecular weight is 413 g/mol. The number of aromatic nitrogens is 2. The molecule has 29 heavy (non-hydrogen) atoms. The predicted molar refractivity (Wildman–Crippen MR) is 108 cm³/mol. The average Bonchev–Trinajstić information content (AvgIpc) is 3.36. The standard InChI is InChI=1S/C21H24N4O3S/c26-19-2-1-14(24-19)11-20(27)25-8-4-21(5-9-25)15-12-18(16-13-22-6-7-23-16)29-17(15)3-10-28-21/h6-7,12-14H,1-5,8-11H2,(H,24,26)/t14-/m0/s1. The summed E-state index contributed by atoms with van der Waals surface area (Å²) in [6.45, 7) is 2.10. The minimum atomic E-state index is -0.303. The number of hydrogen-bond acceptors (Lipinski definition) is 6. The first-order valence-corrected chi connectivity index (χ1v) is 11.1. The number of rotatable bonds is 3. The molecule has 1 N–H and O–H groups in total. The zero-order valence-electron chi connectivity index (χ0n) is 16.2. The highest BCUT2D eigenvalue weighted by atomic mass is 32.1. The maximum absolute atomic E-state index is 12.7. The number of likely N-dealkylation sites (tertiary alicyclic amines) is 1. The highest BCUT2D eigenvalue weighted by Gasteiger charge is 2.43. The Morgan fingerprint density at radius 3 is 2.90 bits per heavy atom. The van der Waals surface area contributed by atoms with Gasteiger partial charge in [-0.2, -0.15) is 0 Å². The number of fused-ring (bicyclic) bond motifs is 2. The molecule has 5 heterocycles. The van der Waals surface area contributed by atoms with Crippen molar-refractivity contribution in [2.75, 3.05) is 19.7 Å². The van der Waals surface area contributed by atoms with Gasteiger partial charge in [-0.3, -0.25) is 19.6 Å². The molecule has 5 rings (SSSR count). The second-order valence-corrected chi connectivity index (χ2v) is 9.16. The summed E-state index contributed by atoms with van der Waals surface area (Å²) in [7, 11) is 0. The Morgan fingerprint density at radius 1 is 1.31 bits per heavy atom. The molecule has 0 bridgehead atoms. The molecular formula is C21H24N4O3S. The second kappa shape index (κ2) is 7.50. The quantitative estimate of drug-likeness (QED) is 0.836. The SMILES string of the molecule is O=C1CC[C@@H](CC(=O)N2CCC3(CC2)OCCc2sc(-c4cnccn4)cc23)N1. The van der Waals surface area contributed by atoms with E-state index in [0.29, 0.717) is 25.9 Å². The molecule has 152 valence electrons. The van der Waals surface area contributed by atoms with E-state index < -0.39 is 0 Å². The van der Waals surface area contributed by atoms with Gasteiger partial charge in [-0.1, -0.05) is 0 Å². The lowest BCUT2D eigenvalue weighted by molar-refractivity contribution is -0.141. The second-order valence-electron chi connectivity index (χ2n) is 8.02. The Balaban J connectivity index is 1.29. The first-order chi connectivity index (χ1) is 14.1. The Kier molecular flexibility index (Phi) is 4.83. The number of carbonyl (C=O) groups is 2. The van der Waals surface area contributed by atoms with Crippen LogP contribution in [-0.2, 0) is 26.3 Å². The highest BCUT2D eigenvalue weighted by Crippen LogP contribution is 2.46. The number of hydrogen-bond donors (Lipinski definition) is 1. The van der Waals surface area contributed by atoms with Crippen molar-refractivity contribution in [2.45, 2.75) is 50.2 Å². The molecule has 3 aliphatic heterocycles. The van der Waals surface area contributed by atoms with Crippen LogP contribution in [0.3, 0.4) is 0 Å². The topological polar surface area (TPSA) is 84.4 Å². The largest absolute Gasteiger partial charge is 0.370 e. The molecule has 1 spiro atoms. The molecule has 8 heteroatoms. The molecule has 1 atom stereocenters. The van der Waals surface area contributed by atoms with Crippen molar-refractivity contribution in [2.24, 2.45) is 0 Å². The van der Waals surface area contributed by atoms with E-state index in [4.69, 9.17) is 4.74 Å². The normalized spacial score (nSPS) is 23.1. The van der Waals surface area contributed by atoms with Gasteiger partial charge in [0.25, 0.3) is 0 Å². The van der Waals surface area contributed by atoms with Crippen molar-refractivity contribution >= 4 is 23.2 Å². The molecule has 2 saturated heterocycles. The Bertz CT molecular complexity index is 921. The minimum Gasteiger partial charge on any atom is -0.370 e. The molecule has 3 aliphatic rings. The van der Waals surface area contributed by atoms with E-state index in [1.807, 2.05) is 4.90 Å². The maximum Gasteiger partial charge on any atom is 0.224 e. The van der Waals surface area contributed by atoms with Crippen LogP contribution in [0.1, 0.15) is 42.5 Å². The molecule has 7 nitrogen and oxygen atoms in total. The monoisotopic (exact) mass is 412 g/mol. The van der Waals surface area contributed by atoms with Gasteiger partial charge in [-0.15, -0.1) is 11.3 Å². The van der Waals surface area contributed by atoms with Crippen LogP contribution < -0.4 is 5.32 Å². The third-order valence-corrected chi connectivity index (χ3v) is 7.47. The number of nitrogens with zero attached hydrogens (tertiary/aromatic N) is 3.